The molecule has 0 unspecified atom stereocenters. The molecule has 0 atom stereocenters. The smallest absolute Gasteiger partial charge is 0.279 e. The van der Waals surface area contributed by atoms with E-state index >= 15 is 0 Å². The average molecular weight is 429 g/mol. The highest BCUT2D eigenvalue weighted by molar-refractivity contribution is 7.16. The number of amides is 1. The van der Waals surface area contributed by atoms with Crippen molar-refractivity contribution in [2.75, 3.05) is 33.0 Å². The van der Waals surface area contributed by atoms with Gasteiger partial charge >= 0.3 is 0 Å². The molecule has 3 aromatic rings. The van der Waals surface area contributed by atoms with Crippen LogP contribution >= 0.6 is 11.3 Å². The molecule has 4 rings (SSSR count). The van der Waals surface area contributed by atoms with Gasteiger partial charge in [-0.05, 0) is 44.2 Å². The van der Waals surface area contributed by atoms with Crippen LogP contribution in [0.1, 0.15) is 24.2 Å². The molecule has 2 heterocycles. The molecule has 0 fully saturated rings. The van der Waals surface area contributed by atoms with E-state index in [9.17, 15) is 4.79 Å². The fourth-order valence-corrected chi connectivity index (χ4v) is 4.36. The standard InChI is InChI=1S/C22H24N2O5S/c1-3-26-11-10-24-20-17(27-4-2)6-5-7-19(20)30-22(24)23-21(25)15-8-9-16-18(14-15)29-13-12-28-16/h5-9,14H,3-4,10-13H2,1-2H3. The Morgan fingerprint density at radius 2 is 1.97 bits per heavy atom. The second kappa shape index (κ2) is 9.32. The quantitative estimate of drug-likeness (QED) is 0.537. The van der Waals surface area contributed by atoms with E-state index in [1.165, 1.54) is 11.3 Å². The van der Waals surface area contributed by atoms with Crippen molar-refractivity contribution in [2.24, 2.45) is 4.99 Å². The molecule has 1 aromatic heterocycles. The predicted molar refractivity (Wildman–Crippen MR) is 115 cm³/mol. The lowest BCUT2D eigenvalue weighted by Crippen LogP contribution is -2.20. The van der Waals surface area contributed by atoms with E-state index in [4.69, 9.17) is 18.9 Å². The summed E-state index contributed by atoms with van der Waals surface area (Å²) in [5.74, 6) is 1.66. The molecule has 0 bridgehead atoms. The Hall–Kier alpha value is -2.84. The third-order valence-corrected chi connectivity index (χ3v) is 5.66. The van der Waals surface area contributed by atoms with Gasteiger partial charge in [0.1, 0.15) is 24.5 Å². The first-order chi connectivity index (χ1) is 14.7. The van der Waals surface area contributed by atoms with Crippen LogP contribution in [0.25, 0.3) is 10.2 Å². The molecule has 1 aliphatic rings. The third kappa shape index (κ3) is 4.20. The van der Waals surface area contributed by atoms with E-state index in [1.54, 1.807) is 18.2 Å². The molecule has 30 heavy (non-hydrogen) atoms. The number of hydrogen-bond donors (Lipinski definition) is 0. The zero-order chi connectivity index (χ0) is 20.9. The van der Waals surface area contributed by atoms with E-state index in [0.29, 0.717) is 61.4 Å². The molecule has 0 aliphatic carbocycles. The molecule has 1 aliphatic heterocycles. The summed E-state index contributed by atoms with van der Waals surface area (Å²) in [5.41, 5.74) is 1.39. The number of fused-ring (bicyclic) bond motifs is 2. The number of aromatic nitrogens is 1. The second-order valence-corrected chi connectivity index (χ2v) is 7.55. The Morgan fingerprint density at radius 1 is 1.13 bits per heavy atom. The minimum Gasteiger partial charge on any atom is -0.492 e. The van der Waals surface area contributed by atoms with Crippen LogP contribution in [0.15, 0.2) is 41.4 Å². The molecule has 1 amide bonds. The van der Waals surface area contributed by atoms with Crippen molar-refractivity contribution in [3.8, 4) is 17.2 Å². The Balaban J connectivity index is 1.76. The number of para-hydroxylation sites is 1. The van der Waals surface area contributed by atoms with Crippen LogP contribution in [0.4, 0.5) is 0 Å². The van der Waals surface area contributed by atoms with Crippen molar-refractivity contribution < 1.29 is 23.7 Å². The van der Waals surface area contributed by atoms with Crippen LogP contribution in [0.5, 0.6) is 17.2 Å². The van der Waals surface area contributed by atoms with E-state index in [1.807, 2.05) is 36.6 Å². The summed E-state index contributed by atoms with van der Waals surface area (Å²) in [6, 6.07) is 11.0. The van der Waals surface area contributed by atoms with Gasteiger partial charge in [-0.2, -0.15) is 4.99 Å². The highest BCUT2D eigenvalue weighted by Gasteiger charge is 2.16. The molecule has 2 aromatic carbocycles. The van der Waals surface area contributed by atoms with E-state index < -0.39 is 0 Å². The van der Waals surface area contributed by atoms with Crippen LogP contribution in [0.2, 0.25) is 0 Å². The summed E-state index contributed by atoms with van der Waals surface area (Å²) in [7, 11) is 0. The molecule has 0 radical (unpaired) electrons. The molecule has 158 valence electrons. The predicted octanol–water partition coefficient (Wildman–Crippen LogP) is 3.65. The maximum atomic E-state index is 12.9. The number of ether oxygens (including phenoxy) is 4. The molecule has 0 spiro atoms. The van der Waals surface area contributed by atoms with Crippen LogP contribution in [0.3, 0.4) is 0 Å². The lowest BCUT2D eigenvalue weighted by molar-refractivity contribution is 0.0995. The Bertz CT molecular complexity index is 1120. The van der Waals surface area contributed by atoms with Gasteiger partial charge in [0.25, 0.3) is 5.91 Å². The van der Waals surface area contributed by atoms with Gasteiger partial charge < -0.3 is 23.5 Å². The molecule has 0 N–H and O–H groups in total. The lowest BCUT2D eigenvalue weighted by Gasteiger charge is -2.18. The summed E-state index contributed by atoms with van der Waals surface area (Å²) in [4.78, 5) is 18.0. The summed E-state index contributed by atoms with van der Waals surface area (Å²) in [6.45, 7) is 7.17. The Morgan fingerprint density at radius 3 is 2.77 bits per heavy atom. The number of thiazole rings is 1. The minimum atomic E-state index is -0.332. The highest BCUT2D eigenvalue weighted by Crippen LogP contribution is 2.31. The number of carbonyl (C=O) groups is 1. The molecule has 8 heteroatoms. The maximum absolute atomic E-state index is 12.9. The maximum Gasteiger partial charge on any atom is 0.279 e. The normalized spacial score (nSPS) is 13.6. The van der Waals surface area contributed by atoms with Crippen molar-refractivity contribution in [1.82, 2.24) is 4.57 Å². The molecule has 0 saturated carbocycles. The number of rotatable bonds is 7. The van der Waals surface area contributed by atoms with Gasteiger partial charge in [0.05, 0.1) is 17.9 Å². The van der Waals surface area contributed by atoms with Crippen LogP contribution in [-0.4, -0.2) is 43.5 Å². The first kappa shape index (κ1) is 20.4. The van der Waals surface area contributed by atoms with Gasteiger partial charge in [-0.25, -0.2) is 0 Å². The topological polar surface area (TPSA) is 71.3 Å². The number of carbonyl (C=O) groups excluding carboxylic acids is 1. The fourth-order valence-electron chi connectivity index (χ4n) is 3.29. The third-order valence-electron chi connectivity index (χ3n) is 4.61. The van der Waals surface area contributed by atoms with Crippen molar-refractivity contribution >= 4 is 27.5 Å². The van der Waals surface area contributed by atoms with E-state index in [2.05, 4.69) is 4.99 Å². The van der Waals surface area contributed by atoms with Crippen molar-refractivity contribution in [2.45, 2.75) is 20.4 Å². The van der Waals surface area contributed by atoms with Gasteiger partial charge in [-0.1, -0.05) is 17.4 Å². The van der Waals surface area contributed by atoms with Gasteiger partial charge in [-0.3, -0.25) is 4.79 Å². The molecule has 7 nitrogen and oxygen atoms in total. The Labute approximate surface area is 178 Å². The lowest BCUT2D eigenvalue weighted by atomic mass is 10.2. The van der Waals surface area contributed by atoms with Gasteiger partial charge in [-0.15, -0.1) is 0 Å². The van der Waals surface area contributed by atoms with Crippen molar-refractivity contribution in [3.63, 3.8) is 0 Å². The summed E-state index contributed by atoms with van der Waals surface area (Å²) in [5, 5.41) is 0. The minimum absolute atomic E-state index is 0.332. The average Bonchev–Trinajstić information content (AvgIpc) is 3.11. The summed E-state index contributed by atoms with van der Waals surface area (Å²) in [6.07, 6.45) is 0. The summed E-state index contributed by atoms with van der Waals surface area (Å²) >= 11 is 1.46. The zero-order valence-electron chi connectivity index (χ0n) is 17.1. The second-order valence-electron chi connectivity index (χ2n) is 6.54. The Kier molecular flexibility index (Phi) is 6.35. The summed E-state index contributed by atoms with van der Waals surface area (Å²) < 4.78 is 25.5. The number of hydrogen-bond acceptors (Lipinski definition) is 6. The van der Waals surface area contributed by atoms with Crippen LogP contribution in [-0.2, 0) is 11.3 Å². The SMILES string of the molecule is CCOCCn1c(=NC(=O)c2ccc3c(c2)OCCO3)sc2cccc(OCC)c21. The van der Waals surface area contributed by atoms with Crippen LogP contribution in [0, 0.1) is 0 Å². The highest BCUT2D eigenvalue weighted by atomic mass is 32.1. The van der Waals surface area contributed by atoms with Gasteiger partial charge in [0.2, 0.25) is 0 Å². The molecule has 0 saturated heterocycles. The monoisotopic (exact) mass is 428 g/mol. The molecular formula is C22H24N2O5S. The van der Waals surface area contributed by atoms with Gasteiger partial charge in [0, 0.05) is 18.7 Å². The first-order valence-corrected chi connectivity index (χ1v) is 10.8. The van der Waals surface area contributed by atoms with Gasteiger partial charge in [0.15, 0.2) is 16.3 Å². The first-order valence-electron chi connectivity index (χ1n) is 10.0. The largest absolute Gasteiger partial charge is 0.492 e. The van der Waals surface area contributed by atoms with Crippen molar-refractivity contribution in [1.29, 1.82) is 0 Å². The molecular weight excluding hydrogens is 404 g/mol. The van der Waals surface area contributed by atoms with Crippen molar-refractivity contribution in [3.05, 3.63) is 46.8 Å². The fraction of sp³-hybridized carbons (Fsp3) is 0.364. The number of benzene rings is 2. The number of nitrogens with zero attached hydrogens (tertiary/aromatic N) is 2. The van der Waals surface area contributed by atoms with E-state index in [0.717, 1.165) is 16.0 Å². The van der Waals surface area contributed by atoms with E-state index in [-0.39, 0.29) is 5.91 Å². The van der Waals surface area contributed by atoms with Crippen LogP contribution < -0.4 is 19.0 Å². The zero-order valence-corrected chi connectivity index (χ0v) is 17.9.